The van der Waals surface area contributed by atoms with Crippen molar-refractivity contribution in [2.45, 2.75) is 57.5 Å². The molecule has 112 valence electrons. The van der Waals surface area contributed by atoms with E-state index in [0.717, 1.165) is 37.2 Å². The highest BCUT2D eigenvalue weighted by Gasteiger charge is 2.36. The van der Waals surface area contributed by atoms with Gasteiger partial charge < -0.3 is 5.32 Å². The van der Waals surface area contributed by atoms with Gasteiger partial charge in [0.15, 0.2) is 0 Å². The van der Waals surface area contributed by atoms with Gasteiger partial charge in [0.1, 0.15) is 12.1 Å². The first-order valence-corrected chi connectivity index (χ1v) is 7.53. The Morgan fingerprint density at radius 3 is 2.38 bits per heavy atom. The molecular weight excluding hydrogens is 268 g/mol. The number of likely N-dealkylation sites (tertiary alicyclic amines) is 1. The van der Waals surface area contributed by atoms with Crippen molar-refractivity contribution < 1.29 is 9.59 Å². The molecule has 2 amide bonds. The number of rotatable bonds is 3. The van der Waals surface area contributed by atoms with Crippen LogP contribution >= 0.6 is 0 Å². The quantitative estimate of drug-likeness (QED) is 0.856. The first-order chi connectivity index (χ1) is 10.1. The van der Waals surface area contributed by atoms with E-state index in [0.29, 0.717) is 18.9 Å². The molecule has 1 saturated heterocycles. The summed E-state index contributed by atoms with van der Waals surface area (Å²) < 4.78 is 0. The highest BCUT2D eigenvalue weighted by molar-refractivity contribution is 6.02. The zero-order chi connectivity index (χ0) is 14.8. The normalized spacial score (nSPS) is 26.2. The van der Waals surface area contributed by atoms with Gasteiger partial charge in [0.2, 0.25) is 11.8 Å². The zero-order valence-electron chi connectivity index (χ0n) is 12.2. The number of anilines is 1. The molecule has 1 saturated carbocycles. The van der Waals surface area contributed by atoms with Crippen molar-refractivity contribution in [1.29, 1.82) is 0 Å². The van der Waals surface area contributed by atoms with Crippen molar-refractivity contribution >= 4 is 17.6 Å². The van der Waals surface area contributed by atoms with Crippen molar-refractivity contribution in [2.24, 2.45) is 0 Å². The van der Waals surface area contributed by atoms with E-state index in [1.54, 1.807) is 6.33 Å². The minimum atomic E-state index is 0.00262. The Morgan fingerprint density at radius 2 is 1.76 bits per heavy atom. The van der Waals surface area contributed by atoms with Gasteiger partial charge in [-0.2, -0.15) is 0 Å². The number of carbonyl (C=O) groups excluding carboxylic acids is 2. The fourth-order valence-electron chi connectivity index (χ4n) is 3.22. The Bertz CT molecular complexity index is 536. The molecule has 0 radical (unpaired) electrons. The molecule has 2 heterocycles. The summed E-state index contributed by atoms with van der Waals surface area (Å²) in [7, 11) is 0. The molecule has 0 bridgehead atoms. The largest absolute Gasteiger partial charge is 0.367 e. The van der Waals surface area contributed by atoms with Crippen LogP contribution in [0.5, 0.6) is 0 Å². The Hall–Kier alpha value is -1.98. The lowest BCUT2D eigenvalue weighted by Crippen LogP contribution is -2.43. The molecular formula is C15H20N4O2. The summed E-state index contributed by atoms with van der Waals surface area (Å²) in [5.74, 6) is 0.852. The molecule has 1 N–H and O–H groups in total. The predicted octanol–water partition coefficient (Wildman–Crippen LogP) is 1.66. The lowest BCUT2D eigenvalue weighted by Gasteiger charge is -2.33. The summed E-state index contributed by atoms with van der Waals surface area (Å²) in [6.45, 7) is 1.94. The van der Waals surface area contributed by atoms with Crippen LogP contribution in [0, 0.1) is 6.92 Å². The summed E-state index contributed by atoms with van der Waals surface area (Å²) in [4.78, 5) is 33.3. The van der Waals surface area contributed by atoms with Crippen LogP contribution in [-0.4, -0.2) is 38.8 Å². The van der Waals surface area contributed by atoms with Crippen LogP contribution in [0.4, 0.5) is 5.82 Å². The van der Waals surface area contributed by atoms with Crippen molar-refractivity contribution in [3.05, 3.63) is 18.1 Å². The van der Waals surface area contributed by atoms with Gasteiger partial charge >= 0.3 is 0 Å². The molecule has 1 aliphatic heterocycles. The third kappa shape index (κ3) is 3.04. The lowest BCUT2D eigenvalue weighted by molar-refractivity contribution is -0.141. The molecule has 6 heteroatoms. The maximum absolute atomic E-state index is 11.8. The second kappa shape index (κ2) is 5.79. The summed E-state index contributed by atoms with van der Waals surface area (Å²) in [6, 6.07) is 2.38. The molecule has 0 aromatic carbocycles. The standard InChI is InChI=1S/C15H20N4O2/c1-10-8-13(17-9-16-10)18-11-2-4-12(5-3-11)19-14(20)6-7-15(19)21/h8-9,11-12H,2-7H2,1H3,(H,16,17,18). The van der Waals surface area contributed by atoms with Crippen molar-refractivity contribution in [3.63, 3.8) is 0 Å². The summed E-state index contributed by atoms with van der Waals surface area (Å²) in [5.41, 5.74) is 0.939. The highest BCUT2D eigenvalue weighted by Crippen LogP contribution is 2.28. The molecule has 1 aliphatic carbocycles. The fourth-order valence-corrected chi connectivity index (χ4v) is 3.22. The maximum Gasteiger partial charge on any atom is 0.229 e. The molecule has 3 rings (SSSR count). The van der Waals surface area contributed by atoms with E-state index >= 15 is 0 Å². The van der Waals surface area contributed by atoms with Gasteiger partial charge in [0.25, 0.3) is 0 Å². The molecule has 0 spiro atoms. The van der Waals surface area contributed by atoms with Crippen molar-refractivity contribution in [3.8, 4) is 0 Å². The molecule has 1 aromatic heterocycles. The number of imide groups is 1. The minimum absolute atomic E-state index is 0.00262. The summed E-state index contributed by atoms with van der Waals surface area (Å²) in [5, 5.41) is 3.42. The molecule has 1 aromatic rings. The first-order valence-electron chi connectivity index (χ1n) is 7.53. The number of hydrogen-bond acceptors (Lipinski definition) is 5. The molecule has 2 aliphatic rings. The molecule has 0 unspecified atom stereocenters. The van der Waals surface area contributed by atoms with E-state index in [1.165, 1.54) is 4.90 Å². The van der Waals surface area contributed by atoms with E-state index in [2.05, 4.69) is 15.3 Å². The van der Waals surface area contributed by atoms with Gasteiger partial charge in [-0.1, -0.05) is 0 Å². The fraction of sp³-hybridized carbons (Fsp3) is 0.600. The number of nitrogens with zero attached hydrogens (tertiary/aromatic N) is 3. The molecule has 21 heavy (non-hydrogen) atoms. The zero-order valence-corrected chi connectivity index (χ0v) is 12.2. The molecule has 2 fully saturated rings. The maximum atomic E-state index is 11.8. The monoisotopic (exact) mass is 288 g/mol. The van der Waals surface area contributed by atoms with E-state index in [4.69, 9.17) is 0 Å². The lowest BCUT2D eigenvalue weighted by atomic mass is 9.90. The van der Waals surface area contributed by atoms with Crippen LogP contribution in [0.25, 0.3) is 0 Å². The number of amides is 2. The van der Waals surface area contributed by atoms with Crippen LogP contribution in [0.2, 0.25) is 0 Å². The Kier molecular flexibility index (Phi) is 3.86. The third-order valence-electron chi connectivity index (χ3n) is 4.31. The van der Waals surface area contributed by atoms with E-state index in [-0.39, 0.29) is 17.9 Å². The SMILES string of the molecule is Cc1cc(NC2CCC(N3C(=O)CCC3=O)CC2)ncn1. The van der Waals surface area contributed by atoms with Crippen LogP contribution in [0.15, 0.2) is 12.4 Å². The number of hydrogen-bond donors (Lipinski definition) is 1. The minimum Gasteiger partial charge on any atom is -0.367 e. The summed E-state index contributed by atoms with van der Waals surface area (Å²) in [6.07, 6.45) is 5.98. The van der Waals surface area contributed by atoms with Crippen molar-refractivity contribution in [2.75, 3.05) is 5.32 Å². The smallest absolute Gasteiger partial charge is 0.229 e. The van der Waals surface area contributed by atoms with E-state index < -0.39 is 0 Å². The second-order valence-corrected chi connectivity index (χ2v) is 5.85. The van der Waals surface area contributed by atoms with Crippen LogP contribution in [0.3, 0.4) is 0 Å². The highest BCUT2D eigenvalue weighted by atomic mass is 16.2. The Labute approximate surface area is 124 Å². The van der Waals surface area contributed by atoms with E-state index in [1.807, 2.05) is 13.0 Å². The number of carbonyl (C=O) groups is 2. The van der Waals surface area contributed by atoms with Gasteiger partial charge in [0.05, 0.1) is 0 Å². The first kappa shape index (κ1) is 14.0. The van der Waals surface area contributed by atoms with Crippen LogP contribution < -0.4 is 5.32 Å². The van der Waals surface area contributed by atoms with Gasteiger partial charge in [-0.25, -0.2) is 9.97 Å². The predicted molar refractivity (Wildman–Crippen MR) is 77.5 cm³/mol. The number of nitrogens with one attached hydrogen (secondary N) is 1. The van der Waals surface area contributed by atoms with Crippen molar-refractivity contribution in [1.82, 2.24) is 14.9 Å². The van der Waals surface area contributed by atoms with Gasteiger partial charge in [-0.05, 0) is 32.6 Å². The van der Waals surface area contributed by atoms with E-state index in [9.17, 15) is 9.59 Å². The average Bonchev–Trinajstić information content (AvgIpc) is 2.79. The van der Waals surface area contributed by atoms with Gasteiger partial charge in [-0.15, -0.1) is 0 Å². The molecule has 0 atom stereocenters. The molecule has 6 nitrogen and oxygen atoms in total. The Morgan fingerprint density at radius 1 is 1.10 bits per heavy atom. The average molecular weight is 288 g/mol. The van der Waals surface area contributed by atoms with Gasteiger partial charge in [0, 0.05) is 36.7 Å². The second-order valence-electron chi connectivity index (χ2n) is 5.85. The van der Waals surface area contributed by atoms with Crippen LogP contribution in [0.1, 0.15) is 44.2 Å². The number of aryl methyl sites for hydroxylation is 1. The van der Waals surface area contributed by atoms with Crippen LogP contribution in [-0.2, 0) is 9.59 Å². The van der Waals surface area contributed by atoms with Gasteiger partial charge in [-0.3, -0.25) is 14.5 Å². The Balaban J connectivity index is 1.55. The number of aromatic nitrogens is 2. The third-order valence-corrected chi connectivity index (χ3v) is 4.31. The summed E-state index contributed by atoms with van der Waals surface area (Å²) >= 11 is 0. The topological polar surface area (TPSA) is 75.2 Å².